The van der Waals surface area contributed by atoms with E-state index in [4.69, 9.17) is 4.74 Å². The summed E-state index contributed by atoms with van der Waals surface area (Å²) in [4.78, 5) is 4.07. The van der Waals surface area contributed by atoms with Crippen LogP contribution < -0.4 is 0 Å². The van der Waals surface area contributed by atoms with Crippen LogP contribution in [0, 0.1) is 11.3 Å². The van der Waals surface area contributed by atoms with E-state index in [-0.39, 0.29) is 0 Å². The second kappa shape index (κ2) is 8.36. The predicted octanol–water partition coefficient (Wildman–Crippen LogP) is 4.14. The van der Waals surface area contributed by atoms with E-state index in [0.717, 1.165) is 19.1 Å². The molecule has 0 N–H and O–H groups in total. The van der Waals surface area contributed by atoms with Crippen LogP contribution in [0.25, 0.3) is 0 Å². The number of aryl methyl sites for hydroxylation is 1. The third-order valence-electron chi connectivity index (χ3n) is 3.47. The summed E-state index contributed by atoms with van der Waals surface area (Å²) in [7, 11) is 1.80. The minimum atomic E-state index is 0.419. The van der Waals surface area contributed by atoms with Gasteiger partial charge in [0.1, 0.15) is 0 Å². The predicted molar refractivity (Wildman–Crippen MR) is 80.1 cm³/mol. The highest BCUT2D eigenvalue weighted by Crippen LogP contribution is 2.29. The summed E-state index contributed by atoms with van der Waals surface area (Å²) in [6, 6.07) is 0. The molecule has 0 fully saturated rings. The fraction of sp³-hybridized carbons (Fsp3) is 0.812. The number of imidazole rings is 1. The highest BCUT2D eigenvalue weighted by atomic mass is 16.5. The Bertz CT molecular complexity index is 314. The molecule has 0 unspecified atom stereocenters. The first kappa shape index (κ1) is 16.2. The molecule has 3 nitrogen and oxygen atoms in total. The third kappa shape index (κ3) is 8.04. The van der Waals surface area contributed by atoms with Crippen molar-refractivity contribution < 1.29 is 4.74 Å². The second-order valence-corrected chi connectivity index (χ2v) is 6.71. The Hall–Kier alpha value is -0.830. The van der Waals surface area contributed by atoms with Gasteiger partial charge >= 0.3 is 0 Å². The van der Waals surface area contributed by atoms with Crippen LogP contribution >= 0.6 is 0 Å². The molecule has 1 atom stereocenters. The number of ether oxygens (including phenoxy) is 1. The normalized spacial score (nSPS) is 13.7. The molecule has 110 valence electrons. The fourth-order valence-electron chi connectivity index (χ4n) is 2.65. The summed E-state index contributed by atoms with van der Waals surface area (Å²) in [5.74, 6) is 0.794. The molecule has 19 heavy (non-hydrogen) atoms. The lowest BCUT2D eigenvalue weighted by molar-refractivity contribution is 0.157. The van der Waals surface area contributed by atoms with Crippen molar-refractivity contribution in [2.45, 2.75) is 59.4 Å². The standard InChI is InChI=1S/C16H30N2O/c1-16(2,3)13-15(8-12-19-4)7-5-6-10-18-11-9-17-14-18/h9,11,14-15H,5-8,10,12-13H2,1-4H3/t15-/m1/s1. The van der Waals surface area contributed by atoms with E-state index in [1.165, 1.54) is 32.1 Å². The van der Waals surface area contributed by atoms with Crippen molar-refractivity contribution in [3.63, 3.8) is 0 Å². The summed E-state index contributed by atoms with van der Waals surface area (Å²) < 4.78 is 7.40. The topological polar surface area (TPSA) is 27.1 Å². The Balaban J connectivity index is 2.23. The highest BCUT2D eigenvalue weighted by molar-refractivity contribution is 4.74. The molecule has 1 heterocycles. The Morgan fingerprint density at radius 1 is 1.21 bits per heavy atom. The molecule has 0 saturated carbocycles. The van der Waals surface area contributed by atoms with Gasteiger partial charge < -0.3 is 9.30 Å². The number of hydrogen-bond acceptors (Lipinski definition) is 2. The number of unbranched alkanes of at least 4 members (excludes halogenated alkanes) is 1. The smallest absolute Gasteiger partial charge is 0.0945 e. The molecule has 0 radical (unpaired) electrons. The largest absolute Gasteiger partial charge is 0.385 e. The molecule has 0 aliphatic rings. The number of methoxy groups -OCH3 is 1. The van der Waals surface area contributed by atoms with Crippen LogP contribution in [0.5, 0.6) is 0 Å². The average Bonchev–Trinajstić information content (AvgIpc) is 2.82. The monoisotopic (exact) mass is 266 g/mol. The fourth-order valence-corrected chi connectivity index (χ4v) is 2.65. The van der Waals surface area contributed by atoms with Crippen molar-refractivity contribution in [1.29, 1.82) is 0 Å². The Morgan fingerprint density at radius 2 is 2.00 bits per heavy atom. The molecule has 0 aliphatic carbocycles. The van der Waals surface area contributed by atoms with Gasteiger partial charge in [0.2, 0.25) is 0 Å². The lowest BCUT2D eigenvalue weighted by Gasteiger charge is -2.26. The van der Waals surface area contributed by atoms with Crippen LogP contribution in [0.4, 0.5) is 0 Å². The van der Waals surface area contributed by atoms with Gasteiger partial charge in [-0.3, -0.25) is 0 Å². The minimum Gasteiger partial charge on any atom is -0.385 e. The third-order valence-corrected chi connectivity index (χ3v) is 3.47. The van der Waals surface area contributed by atoms with Gasteiger partial charge in [0.15, 0.2) is 0 Å². The van der Waals surface area contributed by atoms with Gasteiger partial charge in [0.25, 0.3) is 0 Å². The molecule has 0 spiro atoms. The summed E-state index contributed by atoms with van der Waals surface area (Å²) >= 11 is 0. The molecule has 0 aromatic carbocycles. The quantitative estimate of drug-likeness (QED) is 0.628. The lowest BCUT2D eigenvalue weighted by Crippen LogP contribution is -2.15. The first-order valence-corrected chi connectivity index (χ1v) is 7.46. The number of nitrogens with zero attached hydrogens (tertiary/aromatic N) is 2. The number of aromatic nitrogens is 2. The molecular weight excluding hydrogens is 236 g/mol. The van der Waals surface area contributed by atoms with Crippen LogP contribution in [-0.2, 0) is 11.3 Å². The molecule has 1 aromatic rings. The maximum atomic E-state index is 5.24. The number of hydrogen-bond donors (Lipinski definition) is 0. The van der Waals surface area contributed by atoms with Gasteiger partial charge in [0.05, 0.1) is 6.33 Å². The van der Waals surface area contributed by atoms with Crippen molar-refractivity contribution in [1.82, 2.24) is 9.55 Å². The van der Waals surface area contributed by atoms with Gasteiger partial charge in [-0.15, -0.1) is 0 Å². The van der Waals surface area contributed by atoms with Crippen LogP contribution in [0.1, 0.15) is 52.9 Å². The highest BCUT2D eigenvalue weighted by Gasteiger charge is 2.18. The van der Waals surface area contributed by atoms with Gasteiger partial charge in [-0.1, -0.05) is 33.6 Å². The van der Waals surface area contributed by atoms with E-state index in [9.17, 15) is 0 Å². The van der Waals surface area contributed by atoms with Crippen molar-refractivity contribution >= 4 is 0 Å². The maximum Gasteiger partial charge on any atom is 0.0945 e. The molecular formula is C16H30N2O. The summed E-state index contributed by atoms with van der Waals surface area (Å²) in [6.07, 6.45) is 12.1. The lowest BCUT2D eigenvalue weighted by atomic mass is 9.81. The zero-order valence-corrected chi connectivity index (χ0v) is 13.1. The van der Waals surface area contributed by atoms with Gasteiger partial charge in [-0.05, 0) is 30.6 Å². The van der Waals surface area contributed by atoms with Crippen molar-refractivity contribution in [3.8, 4) is 0 Å². The maximum absolute atomic E-state index is 5.24. The van der Waals surface area contributed by atoms with Gasteiger partial charge in [-0.2, -0.15) is 0 Å². The zero-order chi connectivity index (χ0) is 14.1. The van der Waals surface area contributed by atoms with Crippen molar-refractivity contribution in [2.75, 3.05) is 13.7 Å². The summed E-state index contributed by atoms with van der Waals surface area (Å²) in [5.41, 5.74) is 0.419. The summed E-state index contributed by atoms with van der Waals surface area (Å²) in [5, 5.41) is 0. The minimum absolute atomic E-state index is 0.419. The molecule has 1 rings (SSSR count). The summed E-state index contributed by atoms with van der Waals surface area (Å²) in [6.45, 7) is 8.98. The molecule has 1 aromatic heterocycles. The van der Waals surface area contributed by atoms with E-state index in [1.54, 1.807) is 7.11 Å². The first-order chi connectivity index (χ1) is 9.01. The molecule has 0 bridgehead atoms. The van der Waals surface area contributed by atoms with Crippen LogP contribution in [0.2, 0.25) is 0 Å². The van der Waals surface area contributed by atoms with Gasteiger partial charge in [0, 0.05) is 32.7 Å². The Morgan fingerprint density at radius 3 is 2.58 bits per heavy atom. The van der Waals surface area contributed by atoms with Crippen LogP contribution in [0.3, 0.4) is 0 Å². The average molecular weight is 266 g/mol. The van der Waals surface area contributed by atoms with Crippen LogP contribution in [-0.4, -0.2) is 23.3 Å². The SMILES string of the molecule is COCC[C@@H](CCCCn1ccnc1)CC(C)(C)C. The van der Waals surface area contributed by atoms with Gasteiger partial charge in [-0.25, -0.2) is 4.98 Å². The van der Waals surface area contributed by atoms with Crippen molar-refractivity contribution in [3.05, 3.63) is 18.7 Å². The molecule has 0 aliphatic heterocycles. The number of rotatable bonds is 9. The van der Waals surface area contributed by atoms with E-state index >= 15 is 0 Å². The zero-order valence-electron chi connectivity index (χ0n) is 13.1. The van der Waals surface area contributed by atoms with E-state index in [2.05, 4.69) is 30.3 Å². The Kier molecular flexibility index (Phi) is 7.14. The Labute approximate surface area is 118 Å². The van der Waals surface area contributed by atoms with Crippen LogP contribution in [0.15, 0.2) is 18.7 Å². The van der Waals surface area contributed by atoms with E-state index in [0.29, 0.717) is 5.41 Å². The van der Waals surface area contributed by atoms with Crippen molar-refractivity contribution in [2.24, 2.45) is 11.3 Å². The van der Waals surface area contributed by atoms with E-state index < -0.39 is 0 Å². The molecule has 0 amide bonds. The second-order valence-electron chi connectivity index (χ2n) is 6.71. The molecule has 0 saturated heterocycles. The molecule has 3 heteroatoms. The van der Waals surface area contributed by atoms with E-state index in [1.807, 2.05) is 18.7 Å². The first-order valence-electron chi connectivity index (χ1n) is 7.46.